The van der Waals surface area contributed by atoms with Gasteiger partial charge in [0.1, 0.15) is 6.10 Å². The maximum Gasteiger partial charge on any atom is 0.381 e. The van der Waals surface area contributed by atoms with E-state index in [1.165, 1.54) is 6.92 Å². The van der Waals surface area contributed by atoms with Crippen LogP contribution in [0.15, 0.2) is 42.2 Å². The van der Waals surface area contributed by atoms with Crippen molar-refractivity contribution in [1.82, 2.24) is 0 Å². The van der Waals surface area contributed by atoms with Crippen molar-refractivity contribution in [2.75, 3.05) is 13.2 Å². The molecule has 0 radical (unpaired) electrons. The summed E-state index contributed by atoms with van der Waals surface area (Å²) in [7, 11) is 0. The van der Waals surface area contributed by atoms with E-state index in [-0.39, 0.29) is 24.7 Å². The molecule has 0 aromatic heterocycles. The number of halogens is 2. The van der Waals surface area contributed by atoms with Gasteiger partial charge in [0.05, 0.1) is 26.1 Å². The lowest BCUT2D eigenvalue weighted by molar-refractivity contribution is -0.167. The minimum Gasteiger partial charge on any atom is -0.495 e. The van der Waals surface area contributed by atoms with Gasteiger partial charge in [-0.15, -0.1) is 0 Å². The van der Waals surface area contributed by atoms with Crippen LogP contribution < -0.4 is 0 Å². The fourth-order valence-electron chi connectivity index (χ4n) is 2.21. The Labute approximate surface area is 134 Å². The Bertz CT molecular complexity index is 543. The van der Waals surface area contributed by atoms with Gasteiger partial charge >= 0.3 is 11.9 Å². The summed E-state index contributed by atoms with van der Waals surface area (Å²) in [6, 6.07) is 9.65. The first kappa shape index (κ1) is 17.4. The molecule has 1 aromatic carbocycles. The molecule has 126 valence electrons. The zero-order valence-corrected chi connectivity index (χ0v) is 13.0. The molecule has 0 N–H and O–H groups in total. The molecular formula is C17H20F2O4. The van der Waals surface area contributed by atoms with Crippen molar-refractivity contribution < 1.29 is 27.8 Å². The Balaban J connectivity index is 1.80. The monoisotopic (exact) mass is 326 g/mol. The Morgan fingerprint density at radius 1 is 1.35 bits per heavy atom. The number of hydrogen-bond donors (Lipinski definition) is 0. The Morgan fingerprint density at radius 3 is 2.70 bits per heavy atom. The van der Waals surface area contributed by atoms with Gasteiger partial charge < -0.3 is 14.2 Å². The normalized spacial score (nSPS) is 18.0. The van der Waals surface area contributed by atoms with Crippen molar-refractivity contribution in [1.29, 1.82) is 0 Å². The van der Waals surface area contributed by atoms with E-state index < -0.39 is 11.9 Å². The van der Waals surface area contributed by atoms with Gasteiger partial charge in [0.25, 0.3) is 0 Å². The molecule has 0 amide bonds. The molecule has 0 saturated heterocycles. The zero-order chi connectivity index (χ0) is 16.7. The standard InChI is InChI=1S/C17H20F2O4/c1-2-22-16(20)17(18,19)14-8-9-15(23-11-14)12-21-10-13-6-4-3-5-7-13/h3-7,11,15H,2,8-10,12H2,1H3. The number of benzene rings is 1. The summed E-state index contributed by atoms with van der Waals surface area (Å²) in [4.78, 5) is 11.3. The van der Waals surface area contributed by atoms with Crippen molar-refractivity contribution in [3.63, 3.8) is 0 Å². The zero-order valence-electron chi connectivity index (χ0n) is 13.0. The Kier molecular flexibility index (Phi) is 6.10. The molecule has 0 fully saturated rings. The highest BCUT2D eigenvalue weighted by atomic mass is 19.3. The van der Waals surface area contributed by atoms with Crippen LogP contribution in [0.4, 0.5) is 8.78 Å². The van der Waals surface area contributed by atoms with E-state index in [2.05, 4.69) is 4.74 Å². The average molecular weight is 326 g/mol. The molecule has 23 heavy (non-hydrogen) atoms. The van der Waals surface area contributed by atoms with E-state index in [1.807, 2.05) is 30.3 Å². The quantitative estimate of drug-likeness (QED) is 0.720. The second-order valence-corrected chi connectivity index (χ2v) is 5.24. The van der Waals surface area contributed by atoms with Crippen LogP contribution in [-0.4, -0.2) is 31.2 Å². The largest absolute Gasteiger partial charge is 0.495 e. The van der Waals surface area contributed by atoms with Gasteiger partial charge in [-0.3, -0.25) is 0 Å². The third kappa shape index (κ3) is 4.76. The lowest BCUT2D eigenvalue weighted by Gasteiger charge is -2.26. The predicted molar refractivity (Wildman–Crippen MR) is 79.9 cm³/mol. The number of esters is 1. The predicted octanol–water partition coefficient (Wildman–Crippen LogP) is 3.46. The average Bonchev–Trinajstić information content (AvgIpc) is 2.56. The van der Waals surface area contributed by atoms with Crippen LogP contribution in [0, 0.1) is 0 Å². The third-order valence-corrected chi connectivity index (χ3v) is 3.49. The third-order valence-electron chi connectivity index (χ3n) is 3.49. The first-order valence-electron chi connectivity index (χ1n) is 7.55. The molecule has 1 aliphatic heterocycles. The van der Waals surface area contributed by atoms with Crippen LogP contribution in [0.3, 0.4) is 0 Å². The van der Waals surface area contributed by atoms with Crippen molar-refractivity contribution in [2.45, 2.75) is 38.4 Å². The molecule has 4 nitrogen and oxygen atoms in total. The van der Waals surface area contributed by atoms with E-state index in [0.717, 1.165) is 11.8 Å². The Morgan fingerprint density at radius 2 is 2.09 bits per heavy atom. The van der Waals surface area contributed by atoms with Crippen LogP contribution in [0.1, 0.15) is 25.3 Å². The van der Waals surface area contributed by atoms with E-state index in [1.54, 1.807) is 0 Å². The number of ether oxygens (including phenoxy) is 3. The summed E-state index contributed by atoms with van der Waals surface area (Å²) in [5.74, 6) is -5.17. The molecule has 2 rings (SSSR count). The molecule has 1 aromatic rings. The summed E-state index contributed by atoms with van der Waals surface area (Å²) in [6.45, 7) is 2.15. The highest BCUT2D eigenvalue weighted by Crippen LogP contribution is 2.33. The topological polar surface area (TPSA) is 44.8 Å². The number of alkyl halides is 2. The van der Waals surface area contributed by atoms with Gasteiger partial charge in [-0.1, -0.05) is 30.3 Å². The van der Waals surface area contributed by atoms with Crippen molar-refractivity contribution in [3.05, 3.63) is 47.7 Å². The number of carbonyl (C=O) groups is 1. The molecule has 1 heterocycles. The number of hydrogen-bond acceptors (Lipinski definition) is 4. The fraction of sp³-hybridized carbons (Fsp3) is 0.471. The second kappa shape index (κ2) is 8.06. The van der Waals surface area contributed by atoms with Crippen molar-refractivity contribution in [2.24, 2.45) is 0 Å². The van der Waals surface area contributed by atoms with Gasteiger partial charge in [-0.05, 0) is 25.3 Å². The number of rotatable bonds is 7. The number of carbonyl (C=O) groups excluding carboxylic acids is 1. The lowest BCUT2D eigenvalue weighted by atomic mass is 10.0. The van der Waals surface area contributed by atoms with E-state index in [9.17, 15) is 13.6 Å². The van der Waals surface area contributed by atoms with Gasteiger partial charge in [0.15, 0.2) is 0 Å². The summed E-state index contributed by atoms with van der Waals surface area (Å²) in [6.07, 6.45) is 1.12. The van der Waals surface area contributed by atoms with Crippen LogP contribution in [0.5, 0.6) is 0 Å². The lowest BCUT2D eigenvalue weighted by Crippen LogP contribution is -2.35. The van der Waals surface area contributed by atoms with Gasteiger partial charge in [0, 0.05) is 5.57 Å². The molecule has 0 spiro atoms. The highest BCUT2D eigenvalue weighted by Gasteiger charge is 2.46. The van der Waals surface area contributed by atoms with Crippen LogP contribution in [-0.2, 0) is 25.6 Å². The van der Waals surface area contributed by atoms with E-state index in [4.69, 9.17) is 9.47 Å². The summed E-state index contributed by atoms with van der Waals surface area (Å²) in [5.41, 5.74) is 0.684. The van der Waals surface area contributed by atoms with Crippen LogP contribution in [0.25, 0.3) is 0 Å². The molecule has 1 atom stereocenters. The summed E-state index contributed by atoms with van der Waals surface area (Å²) in [5, 5.41) is 0. The molecule has 0 saturated carbocycles. The smallest absolute Gasteiger partial charge is 0.381 e. The van der Waals surface area contributed by atoms with E-state index in [0.29, 0.717) is 19.6 Å². The fourth-order valence-corrected chi connectivity index (χ4v) is 2.21. The molecular weight excluding hydrogens is 306 g/mol. The molecule has 0 bridgehead atoms. The van der Waals surface area contributed by atoms with Crippen molar-refractivity contribution >= 4 is 5.97 Å². The maximum absolute atomic E-state index is 13.8. The molecule has 1 aliphatic rings. The maximum atomic E-state index is 13.8. The van der Waals surface area contributed by atoms with Crippen LogP contribution in [0.2, 0.25) is 0 Å². The van der Waals surface area contributed by atoms with Gasteiger partial charge in [-0.2, -0.15) is 8.78 Å². The SMILES string of the molecule is CCOC(=O)C(F)(F)C1=COC(COCc2ccccc2)CC1. The van der Waals surface area contributed by atoms with Gasteiger partial charge in [0.2, 0.25) is 0 Å². The van der Waals surface area contributed by atoms with Gasteiger partial charge in [-0.25, -0.2) is 4.79 Å². The summed E-state index contributed by atoms with van der Waals surface area (Å²) >= 11 is 0. The van der Waals surface area contributed by atoms with Crippen molar-refractivity contribution in [3.8, 4) is 0 Å². The highest BCUT2D eigenvalue weighted by molar-refractivity contribution is 5.81. The minimum absolute atomic E-state index is 0.0746. The molecule has 6 heteroatoms. The van der Waals surface area contributed by atoms with E-state index >= 15 is 0 Å². The molecule has 1 unspecified atom stereocenters. The summed E-state index contributed by atoms with van der Waals surface area (Å²) < 4.78 is 42.9. The first-order chi connectivity index (χ1) is 11.0. The minimum atomic E-state index is -3.63. The Hall–Kier alpha value is -1.95. The molecule has 0 aliphatic carbocycles. The first-order valence-corrected chi connectivity index (χ1v) is 7.55. The second-order valence-electron chi connectivity index (χ2n) is 5.24. The van der Waals surface area contributed by atoms with Crippen LogP contribution >= 0.6 is 0 Å².